The van der Waals surface area contributed by atoms with Crippen LogP contribution in [0.1, 0.15) is 37.0 Å². The van der Waals surface area contributed by atoms with E-state index in [1.165, 1.54) is 12.8 Å². The molecule has 1 aromatic heterocycles. The summed E-state index contributed by atoms with van der Waals surface area (Å²) in [6.45, 7) is 5.33. The van der Waals surface area contributed by atoms with Gasteiger partial charge in [0.25, 0.3) is 0 Å². The van der Waals surface area contributed by atoms with Gasteiger partial charge in [0.15, 0.2) is 5.78 Å². The zero-order valence-corrected chi connectivity index (χ0v) is 11.9. The second-order valence-corrected chi connectivity index (χ2v) is 5.23. The molecule has 0 aliphatic heterocycles. The Balaban J connectivity index is 2.13. The summed E-state index contributed by atoms with van der Waals surface area (Å²) >= 11 is 0. The molecule has 1 unspecified atom stereocenters. The van der Waals surface area contributed by atoms with Gasteiger partial charge in [-0.05, 0) is 44.7 Å². The molecule has 4 heteroatoms. The molecule has 19 heavy (non-hydrogen) atoms. The quantitative estimate of drug-likeness (QED) is 0.708. The Labute approximate surface area is 114 Å². The van der Waals surface area contributed by atoms with Crippen molar-refractivity contribution in [1.29, 1.82) is 0 Å². The van der Waals surface area contributed by atoms with Gasteiger partial charge in [0.2, 0.25) is 0 Å². The fourth-order valence-corrected chi connectivity index (χ4v) is 2.31. The van der Waals surface area contributed by atoms with E-state index in [-0.39, 0.29) is 5.78 Å². The van der Waals surface area contributed by atoms with E-state index in [0.717, 1.165) is 18.3 Å². The maximum absolute atomic E-state index is 11.3. The predicted octanol–water partition coefficient (Wildman–Crippen LogP) is 2.54. The number of carbonyl (C=O) groups excluding carboxylic acids is 1. The van der Waals surface area contributed by atoms with Crippen molar-refractivity contribution in [3.63, 3.8) is 0 Å². The summed E-state index contributed by atoms with van der Waals surface area (Å²) in [5, 5.41) is 0. The van der Waals surface area contributed by atoms with Crippen molar-refractivity contribution in [3.05, 3.63) is 23.9 Å². The van der Waals surface area contributed by atoms with Crippen LogP contribution in [0.15, 0.2) is 18.3 Å². The number of rotatable bonds is 7. The summed E-state index contributed by atoms with van der Waals surface area (Å²) in [4.78, 5) is 18.0. The third kappa shape index (κ3) is 3.53. The topological polar surface area (TPSA) is 42.4 Å². The highest BCUT2D eigenvalue weighted by molar-refractivity contribution is 5.93. The Hall–Kier alpha value is -1.42. The first-order valence-corrected chi connectivity index (χ1v) is 6.86. The molecule has 1 atom stereocenters. The number of hydrogen-bond donors (Lipinski definition) is 0. The lowest BCUT2D eigenvalue weighted by Gasteiger charge is -2.30. The van der Waals surface area contributed by atoms with Crippen LogP contribution < -0.4 is 4.90 Å². The van der Waals surface area contributed by atoms with Gasteiger partial charge < -0.3 is 9.64 Å². The van der Waals surface area contributed by atoms with Crippen molar-refractivity contribution in [3.8, 4) is 0 Å². The molecule has 0 saturated heterocycles. The first kappa shape index (κ1) is 14.0. The van der Waals surface area contributed by atoms with Gasteiger partial charge in [-0.25, -0.2) is 4.98 Å². The van der Waals surface area contributed by atoms with Crippen LogP contribution in [0.5, 0.6) is 0 Å². The highest BCUT2D eigenvalue weighted by atomic mass is 16.5. The van der Waals surface area contributed by atoms with Crippen LogP contribution in [-0.4, -0.2) is 37.1 Å². The lowest BCUT2D eigenvalue weighted by atomic mass is 10.1. The maximum atomic E-state index is 11.3. The average molecular weight is 262 g/mol. The summed E-state index contributed by atoms with van der Waals surface area (Å²) in [6.07, 6.45) is 4.27. The SMILES string of the molecule is COCCN(c1ccc(C(C)=O)cn1)C(C)C1CC1. The molecule has 0 radical (unpaired) electrons. The van der Waals surface area contributed by atoms with E-state index in [9.17, 15) is 4.79 Å². The standard InChI is InChI=1S/C15H22N2O2/c1-11(13-4-5-13)17(8-9-19-3)15-7-6-14(10-16-15)12(2)18/h6-7,10-11,13H,4-5,8-9H2,1-3H3. The van der Waals surface area contributed by atoms with Crippen LogP contribution >= 0.6 is 0 Å². The summed E-state index contributed by atoms with van der Waals surface area (Å²) in [5.41, 5.74) is 0.662. The van der Waals surface area contributed by atoms with E-state index in [1.807, 2.05) is 12.1 Å². The molecule has 1 aliphatic carbocycles. The van der Waals surface area contributed by atoms with E-state index in [2.05, 4.69) is 16.8 Å². The molecule has 1 saturated carbocycles. The third-order valence-corrected chi connectivity index (χ3v) is 3.78. The molecule has 0 bridgehead atoms. The first-order chi connectivity index (χ1) is 9.13. The van der Waals surface area contributed by atoms with Crippen molar-refractivity contribution >= 4 is 11.6 Å². The van der Waals surface area contributed by atoms with Crippen molar-refractivity contribution in [2.75, 3.05) is 25.2 Å². The number of carbonyl (C=O) groups is 1. The zero-order valence-electron chi connectivity index (χ0n) is 11.9. The Morgan fingerprint density at radius 1 is 1.53 bits per heavy atom. The number of nitrogens with zero attached hydrogens (tertiary/aromatic N) is 2. The van der Waals surface area contributed by atoms with Crippen LogP contribution in [0, 0.1) is 5.92 Å². The number of ketones is 1. The summed E-state index contributed by atoms with van der Waals surface area (Å²) in [5.74, 6) is 1.75. The summed E-state index contributed by atoms with van der Waals surface area (Å²) < 4.78 is 5.18. The fourth-order valence-electron chi connectivity index (χ4n) is 2.31. The van der Waals surface area contributed by atoms with E-state index < -0.39 is 0 Å². The lowest BCUT2D eigenvalue weighted by molar-refractivity contribution is 0.101. The Bertz CT molecular complexity index is 426. The second kappa shape index (κ2) is 6.15. The number of aromatic nitrogens is 1. The van der Waals surface area contributed by atoms with Crippen LogP contribution in [0.25, 0.3) is 0 Å². The van der Waals surface area contributed by atoms with Crippen LogP contribution in [0.4, 0.5) is 5.82 Å². The molecule has 0 N–H and O–H groups in total. The normalized spacial score (nSPS) is 16.2. The molecule has 104 valence electrons. The number of ether oxygens (including phenoxy) is 1. The first-order valence-electron chi connectivity index (χ1n) is 6.86. The van der Waals surface area contributed by atoms with Crippen molar-refractivity contribution in [2.45, 2.75) is 32.7 Å². The Morgan fingerprint density at radius 2 is 2.26 bits per heavy atom. The lowest BCUT2D eigenvalue weighted by Crippen LogP contribution is -2.37. The minimum Gasteiger partial charge on any atom is -0.383 e. The molecule has 1 aromatic rings. The fraction of sp³-hybridized carbons (Fsp3) is 0.600. The smallest absolute Gasteiger partial charge is 0.161 e. The minimum atomic E-state index is 0.0535. The van der Waals surface area contributed by atoms with Gasteiger partial charge >= 0.3 is 0 Å². The van der Waals surface area contributed by atoms with Gasteiger partial charge in [-0.1, -0.05) is 0 Å². The monoisotopic (exact) mass is 262 g/mol. The molecular formula is C15H22N2O2. The zero-order chi connectivity index (χ0) is 13.8. The second-order valence-electron chi connectivity index (χ2n) is 5.23. The van der Waals surface area contributed by atoms with E-state index in [0.29, 0.717) is 18.2 Å². The van der Waals surface area contributed by atoms with E-state index in [4.69, 9.17) is 4.74 Å². The molecule has 0 amide bonds. The molecule has 2 rings (SSSR count). The van der Waals surface area contributed by atoms with Gasteiger partial charge in [0, 0.05) is 31.5 Å². The van der Waals surface area contributed by atoms with Crippen LogP contribution in [0.3, 0.4) is 0 Å². The van der Waals surface area contributed by atoms with Crippen molar-refractivity contribution in [2.24, 2.45) is 5.92 Å². The van der Waals surface area contributed by atoms with Crippen molar-refractivity contribution < 1.29 is 9.53 Å². The molecule has 0 aromatic carbocycles. The number of hydrogen-bond acceptors (Lipinski definition) is 4. The molecule has 0 spiro atoms. The van der Waals surface area contributed by atoms with Gasteiger partial charge in [0.05, 0.1) is 6.61 Å². The minimum absolute atomic E-state index is 0.0535. The predicted molar refractivity (Wildman–Crippen MR) is 75.6 cm³/mol. The van der Waals surface area contributed by atoms with Crippen molar-refractivity contribution in [1.82, 2.24) is 4.98 Å². The van der Waals surface area contributed by atoms with Crippen LogP contribution in [-0.2, 0) is 4.74 Å². The highest BCUT2D eigenvalue weighted by Gasteiger charge is 2.32. The molecule has 1 aliphatic rings. The van der Waals surface area contributed by atoms with Gasteiger partial charge in [0.1, 0.15) is 5.82 Å². The van der Waals surface area contributed by atoms with Gasteiger partial charge in [-0.3, -0.25) is 4.79 Å². The molecular weight excluding hydrogens is 240 g/mol. The van der Waals surface area contributed by atoms with E-state index >= 15 is 0 Å². The summed E-state index contributed by atoms with van der Waals surface area (Å²) in [7, 11) is 1.71. The third-order valence-electron chi connectivity index (χ3n) is 3.78. The number of pyridine rings is 1. The average Bonchev–Trinajstić information content (AvgIpc) is 3.23. The van der Waals surface area contributed by atoms with Gasteiger partial charge in [-0.15, -0.1) is 0 Å². The van der Waals surface area contributed by atoms with Gasteiger partial charge in [-0.2, -0.15) is 0 Å². The van der Waals surface area contributed by atoms with E-state index in [1.54, 1.807) is 20.2 Å². The molecule has 4 nitrogen and oxygen atoms in total. The Kier molecular flexibility index (Phi) is 4.53. The number of methoxy groups -OCH3 is 1. The highest BCUT2D eigenvalue weighted by Crippen LogP contribution is 2.36. The molecule has 1 heterocycles. The van der Waals surface area contributed by atoms with Crippen LogP contribution in [0.2, 0.25) is 0 Å². The summed E-state index contributed by atoms with van der Waals surface area (Å²) in [6, 6.07) is 4.26. The number of Topliss-reactive ketones (excluding diaryl/α,β-unsaturated/α-hetero) is 1. The molecule has 1 fully saturated rings. The maximum Gasteiger partial charge on any atom is 0.161 e. The Morgan fingerprint density at radius 3 is 2.74 bits per heavy atom. The number of anilines is 1. The largest absolute Gasteiger partial charge is 0.383 e.